The number of amides is 2. The van der Waals surface area contributed by atoms with Gasteiger partial charge in [0.1, 0.15) is 11.8 Å². The Morgan fingerprint density at radius 1 is 1.45 bits per heavy atom. The maximum absolute atomic E-state index is 12.1. The van der Waals surface area contributed by atoms with E-state index >= 15 is 0 Å². The maximum Gasteiger partial charge on any atom is 0.243 e. The number of ether oxygens (including phenoxy) is 1. The van der Waals surface area contributed by atoms with E-state index in [1.165, 1.54) is 0 Å². The molecule has 1 aliphatic rings. The van der Waals surface area contributed by atoms with Gasteiger partial charge in [-0.2, -0.15) is 0 Å². The van der Waals surface area contributed by atoms with Crippen LogP contribution in [0.2, 0.25) is 0 Å². The number of rotatable bonds is 5. The molecule has 6 heteroatoms. The topological polar surface area (TPSA) is 79.5 Å². The van der Waals surface area contributed by atoms with Crippen molar-refractivity contribution in [3.05, 3.63) is 24.3 Å². The number of anilines is 1. The summed E-state index contributed by atoms with van der Waals surface area (Å²) in [4.78, 5) is 23.2. The Balaban J connectivity index is 1.98. The number of nitrogens with one attached hydrogen (secondary N) is 3. The van der Waals surface area contributed by atoms with E-state index in [0.29, 0.717) is 24.6 Å². The summed E-state index contributed by atoms with van der Waals surface area (Å²) >= 11 is 0. The molecule has 2 rings (SSSR count). The lowest BCUT2D eigenvalue weighted by Crippen LogP contribution is -2.56. The molecule has 1 heterocycles. The first-order valence-electron chi connectivity index (χ1n) is 6.73. The fraction of sp³-hybridized carbons (Fsp3) is 0.429. The Bertz CT molecular complexity index is 480. The van der Waals surface area contributed by atoms with Crippen molar-refractivity contribution in [1.82, 2.24) is 10.6 Å². The molecule has 1 aliphatic heterocycles. The number of para-hydroxylation sites is 2. The number of benzene rings is 1. The average Bonchev–Trinajstić information content (AvgIpc) is 2.47. The second-order valence-corrected chi connectivity index (χ2v) is 4.57. The molecule has 0 aromatic heterocycles. The smallest absolute Gasteiger partial charge is 0.243 e. The van der Waals surface area contributed by atoms with Crippen LogP contribution in [0.5, 0.6) is 5.75 Å². The lowest BCUT2D eigenvalue weighted by Gasteiger charge is -2.23. The molecule has 1 unspecified atom stereocenters. The second kappa shape index (κ2) is 6.91. The zero-order valence-electron chi connectivity index (χ0n) is 11.4. The first-order valence-corrected chi connectivity index (χ1v) is 6.73. The lowest BCUT2D eigenvalue weighted by molar-refractivity contribution is -0.124. The highest BCUT2D eigenvalue weighted by atomic mass is 16.5. The number of carbonyl (C=O) groups excluding carboxylic acids is 2. The van der Waals surface area contributed by atoms with E-state index in [4.69, 9.17) is 4.74 Å². The van der Waals surface area contributed by atoms with Crippen molar-refractivity contribution in [2.75, 3.05) is 25.0 Å². The Kier molecular flexibility index (Phi) is 4.95. The molecule has 108 valence electrons. The largest absolute Gasteiger partial charge is 0.491 e. The van der Waals surface area contributed by atoms with Gasteiger partial charge in [0.15, 0.2) is 0 Å². The van der Waals surface area contributed by atoms with Gasteiger partial charge in [0.25, 0.3) is 0 Å². The first-order chi connectivity index (χ1) is 9.70. The highest BCUT2D eigenvalue weighted by Crippen LogP contribution is 2.24. The highest BCUT2D eigenvalue weighted by Gasteiger charge is 2.24. The number of piperazine rings is 1. The van der Waals surface area contributed by atoms with E-state index in [-0.39, 0.29) is 18.4 Å². The van der Waals surface area contributed by atoms with Crippen LogP contribution in [0.25, 0.3) is 0 Å². The molecule has 2 amide bonds. The first kappa shape index (κ1) is 14.3. The quantitative estimate of drug-likeness (QED) is 0.732. The molecule has 0 radical (unpaired) electrons. The van der Waals surface area contributed by atoms with E-state index in [2.05, 4.69) is 16.0 Å². The fourth-order valence-electron chi connectivity index (χ4n) is 1.88. The van der Waals surface area contributed by atoms with Crippen LogP contribution in [0, 0.1) is 0 Å². The zero-order chi connectivity index (χ0) is 14.4. The molecule has 0 spiro atoms. The minimum absolute atomic E-state index is 0.0965. The van der Waals surface area contributed by atoms with Crippen molar-refractivity contribution in [2.45, 2.75) is 19.4 Å². The number of carbonyl (C=O) groups is 2. The SMILES string of the molecule is CCCOc1ccccc1NC(=O)C1CNC(=O)CN1. The van der Waals surface area contributed by atoms with Gasteiger partial charge in [0, 0.05) is 6.54 Å². The van der Waals surface area contributed by atoms with Gasteiger partial charge in [-0.15, -0.1) is 0 Å². The van der Waals surface area contributed by atoms with Gasteiger partial charge in [-0.05, 0) is 18.6 Å². The third kappa shape index (κ3) is 3.71. The van der Waals surface area contributed by atoms with Crippen LogP contribution in [-0.4, -0.2) is 37.6 Å². The summed E-state index contributed by atoms with van der Waals surface area (Å²) in [5.74, 6) is 0.376. The molecule has 0 aliphatic carbocycles. The van der Waals surface area contributed by atoms with Gasteiger partial charge >= 0.3 is 0 Å². The third-order valence-electron chi connectivity index (χ3n) is 2.94. The summed E-state index contributed by atoms with van der Waals surface area (Å²) in [6.07, 6.45) is 0.901. The van der Waals surface area contributed by atoms with Gasteiger partial charge in [0.05, 0.1) is 18.8 Å². The Hall–Kier alpha value is -2.08. The van der Waals surface area contributed by atoms with Crippen LogP contribution in [0.15, 0.2) is 24.3 Å². The molecular weight excluding hydrogens is 258 g/mol. The van der Waals surface area contributed by atoms with Crippen molar-refractivity contribution in [3.63, 3.8) is 0 Å². The van der Waals surface area contributed by atoms with Gasteiger partial charge in [-0.3, -0.25) is 14.9 Å². The van der Waals surface area contributed by atoms with Crippen LogP contribution in [0.4, 0.5) is 5.69 Å². The molecule has 3 N–H and O–H groups in total. The van der Waals surface area contributed by atoms with Gasteiger partial charge < -0.3 is 15.4 Å². The molecule has 1 atom stereocenters. The van der Waals surface area contributed by atoms with E-state index < -0.39 is 6.04 Å². The van der Waals surface area contributed by atoms with E-state index in [9.17, 15) is 9.59 Å². The van der Waals surface area contributed by atoms with Crippen molar-refractivity contribution in [1.29, 1.82) is 0 Å². The minimum Gasteiger partial charge on any atom is -0.491 e. The molecule has 1 aromatic carbocycles. The molecule has 1 aromatic rings. The predicted molar refractivity (Wildman–Crippen MR) is 75.7 cm³/mol. The lowest BCUT2D eigenvalue weighted by atomic mass is 10.2. The summed E-state index contributed by atoms with van der Waals surface area (Å²) in [5, 5.41) is 8.37. The minimum atomic E-state index is -0.424. The number of hydrogen-bond acceptors (Lipinski definition) is 4. The summed E-state index contributed by atoms with van der Waals surface area (Å²) in [6.45, 7) is 3.08. The Morgan fingerprint density at radius 2 is 2.25 bits per heavy atom. The fourth-order valence-corrected chi connectivity index (χ4v) is 1.88. The van der Waals surface area contributed by atoms with Crippen LogP contribution >= 0.6 is 0 Å². The summed E-state index contributed by atoms with van der Waals surface area (Å²) in [7, 11) is 0. The summed E-state index contributed by atoms with van der Waals surface area (Å²) < 4.78 is 5.59. The molecule has 0 bridgehead atoms. The van der Waals surface area contributed by atoms with Crippen molar-refractivity contribution in [2.24, 2.45) is 0 Å². The monoisotopic (exact) mass is 277 g/mol. The van der Waals surface area contributed by atoms with Crippen LogP contribution in [-0.2, 0) is 9.59 Å². The van der Waals surface area contributed by atoms with Crippen LogP contribution in [0.1, 0.15) is 13.3 Å². The van der Waals surface area contributed by atoms with Crippen LogP contribution in [0.3, 0.4) is 0 Å². The van der Waals surface area contributed by atoms with Crippen molar-refractivity contribution < 1.29 is 14.3 Å². The van der Waals surface area contributed by atoms with Gasteiger partial charge in [-0.25, -0.2) is 0 Å². The predicted octanol–water partition coefficient (Wildman–Crippen LogP) is 0.502. The second-order valence-electron chi connectivity index (χ2n) is 4.57. The van der Waals surface area contributed by atoms with Crippen molar-refractivity contribution in [3.8, 4) is 5.75 Å². The van der Waals surface area contributed by atoms with Gasteiger partial charge in [-0.1, -0.05) is 19.1 Å². The van der Waals surface area contributed by atoms with Gasteiger partial charge in [0.2, 0.25) is 11.8 Å². The molecular formula is C14H19N3O3. The normalized spacial score (nSPS) is 18.2. The highest BCUT2D eigenvalue weighted by molar-refractivity contribution is 5.97. The van der Waals surface area contributed by atoms with Crippen LogP contribution < -0.4 is 20.7 Å². The average molecular weight is 277 g/mol. The summed E-state index contributed by atoms with van der Waals surface area (Å²) in [5.41, 5.74) is 0.643. The standard InChI is InChI=1S/C14H19N3O3/c1-2-7-20-12-6-4-3-5-10(12)17-14(19)11-8-16-13(18)9-15-11/h3-6,11,15H,2,7-9H2,1H3,(H,16,18)(H,17,19). The molecule has 1 fully saturated rings. The van der Waals surface area contributed by atoms with E-state index in [1.807, 2.05) is 25.1 Å². The zero-order valence-corrected chi connectivity index (χ0v) is 11.4. The molecule has 1 saturated heterocycles. The molecule has 20 heavy (non-hydrogen) atoms. The van der Waals surface area contributed by atoms with E-state index in [1.54, 1.807) is 6.07 Å². The summed E-state index contributed by atoms with van der Waals surface area (Å²) in [6, 6.07) is 6.89. The molecule has 0 saturated carbocycles. The molecule has 6 nitrogen and oxygen atoms in total. The van der Waals surface area contributed by atoms with Crippen molar-refractivity contribution >= 4 is 17.5 Å². The number of hydrogen-bond donors (Lipinski definition) is 3. The Labute approximate surface area is 117 Å². The Morgan fingerprint density at radius 3 is 2.95 bits per heavy atom. The van der Waals surface area contributed by atoms with E-state index in [0.717, 1.165) is 6.42 Å². The third-order valence-corrected chi connectivity index (χ3v) is 2.94. The maximum atomic E-state index is 12.1.